The summed E-state index contributed by atoms with van der Waals surface area (Å²) < 4.78 is 0. The maximum absolute atomic E-state index is 12.2. The maximum atomic E-state index is 12.2. The van der Waals surface area contributed by atoms with E-state index in [2.05, 4.69) is 5.32 Å². The molecule has 1 aromatic carbocycles. The third-order valence-electron chi connectivity index (χ3n) is 3.68. The van der Waals surface area contributed by atoms with Crippen LogP contribution in [0.25, 0.3) is 0 Å². The Hall–Kier alpha value is -1.97. The predicted octanol–water partition coefficient (Wildman–Crippen LogP) is 2.13. The summed E-state index contributed by atoms with van der Waals surface area (Å²) in [5.41, 5.74) is -0.335. The van der Waals surface area contributed by atoms with Crippen molar-refractivity contribution in [3.8, 4) is 0 Å². The number of amides is 1. The Balaban J connectivity index is 2.16. The van der Waals surface area contributed by atoms with Gasteiger partial charge in [0, 0.05) is 18.4 Å². The average molecular weight is 273 g/mol. The van der Waals surface area contributed by atoms with Crippen molar-refractivity contribution in [1.29, 1.82) is 0 Å². The monoisotopic (exact) mass is 273 g/mol. The van der Waals surface area contributed by atoms with Gasteiger partial charge < -0.3 is 5.32 Å². The van der Waals surface area contributed by atoms with Gasteiger partial charge in [-0.2, -0.15) is 0 Å². The lowest BCUT2D eigenvalue weighted by molar-refractivity contribution is -0.138. The molecule has 106 valence electrons. The van der Waals surface area contributed by atoms with E-state index in [0.29, 0.717) is 24.8 Å². The van der Waals surface area contributed by atoms with Gasteiger partial charge in [-0.1, -0.05) is 18.2 Å². The number of benzene rings is 1. The molecule has 2 rings (SSSR count). The molecule has 1 aliphatic carbocycles. The Bertz CT molecular complexity index is 518. The molecule has 1 N–H and O–H groups in total. The first kappa shape index (κ1) is 14.4. The van der Waals surface area contributed by atoms with Gasteiger partial charge in [-0.3, -0.25) is 14.4 Å². The lowest BCUT2D eigenvalue weighted by atomic mass is 9.75. The maximum Gasteiger partial charge on any atom is 0.251 e. The molecule has 1 aliphatic rings. The lowest BCUT2D eigenvalue weighted by Crippen LogP contribution is -2.55. The number of Topliss-reactive ketones (excluding diaryl/α,β-unsaturated/α-hetero) is 2. The predicted molar refractivity (Wildman–Crippen MR) is 75.3 cm³/mol. The van der Waals surface area contributed by atoms with E-state index < -0.39 is 11.5 Å². The van der Waals surface area contributed by atoms with Crippen LogP contribution in [0.1, 0.15) is 43.5 Å². The number of carbonyl (C=O) groups excluding carboxylic acids is 3. The molecule has 0 atom stereocenters. The van der Waals surface area contributed by atoms with Crippen LogP contribution in [-0.4, -0.2) is 23.0 Å². The fourth-order valence-corrected chi connectivity index (χ4v) is 2.74. The summed E-state index contributed by atoms with van der Waals surface area (Å²) in [6.45, 7) is 3.47. The Labute approximate surface area is 118 Å². The van der Waals surface area contributed by atoms with E-state index in [4.69, 9.17) is 0 Å². The number of ketones is 2. The molecule has 0 aliphatic heterocycles. The van der Waals surface area contributed by atoms with E-state index in [0.717, 1.165) is 0 Å². The molecule has 1 saturated carbocycles. The van der Waals surface area contributed by atoms with Crippen molar-refractivity contribution in [3.63, 3.8) is 0 Å². The van der Waals surface area contributed by atoms with Crippen molar-refractivity contribution in [2.45, 2.75) is 38.6 Å². The number of carbonyl (C=O) groups is 3. The van der Waals surface area contributed by atoms with Crippen LogP contribution in [0.3, 0.4) is 0 Å². The third-order valence-corrected chi connectivity index (χ3v) is 3.68. The third kappa shape index (κ3) is 2.95. The van der Waals surface area contributed by atoms with Crippen molar-refractivity contribution in [1.82, 2.24) is 5.32 Å². The van der Waals surface area contributed by atoms with Crippen molar-refractivity contribution in [3.05, 3.63) is 35.9 Å². The Morgan fingerprint density at radius 2 is 1.65 bits per heavy atom. The zero-order chi connectivity index (χ0) is 14.8. The van der Waals surface area contributed by atoms with Crippen molar-refractivity contribution < 1.29 is 14.4 Å². The van der Waals surface area contributed by atoms with Crippen molar-refractivity contribution >= 4 is 17.5 Å². The number of nitrogens with one attached hydrogen (secondary N) is 1. The molecule has 1 fully saturated rings. The SMILES string of the molecule is CC(C)(NC(=O)c1ccccc1)C1C(=O)CCCC1=O. The molecule has 0 heterocycles. The summed E-state index contributed by atoms with van der Waals surface area (Å²) in [6, 6.07) is 8.79. The second-order valence-electron chi connectivity index (χ2n) is 5.76. The number of rotatable bonds is 3. The van der Waals surface area contributed by atoms with Crippen LogP contribution in [-0.2, 0) is 9.59 Å². The van der Waals surface area contributed by atoms with Crippen LogP contribution >= 0.6 is 0 Å². The van der Waals surface area contributed by atoms with Gasteiger partial charge in [0.15, 0.2) is 0 Å². The highest BCUT2D eigenvalue weighted by atomic mass is 16.2. The van der Waals surface area contributed by atoms with Crippen LogP contribution < -0.4 is 5.32 Å². The molecule has 20 heavy (non-hydrogen) atoms. The average Bonchev–Trinajstić information content (AvgIpc) is 2.38. The molecule has 1 amide bonds. The highest BCUT2D eigenvalue weighted by molar-refractivity contribution is 6.06. The van der Waals surface area contributed by atoms with Crippen LogP contribution in [0.2, 0.25) is 0 Å². The molecule has 0 radical (unpaired) electrons. The van der Waals surface area contributed by atoms with Crippen LogP contribution in [0.5, 0.6) is 0 Å². The van der Waals surface area contributed by atoms with Gasteiger partial charge in [0.2, 0.25) is 0 Å². The highest BCUT2D eigenvalue weighted by Gasteiger charge is 2.42. The second kappa shape index (κ2) is 5.57. The highest BCUT2D eigenvalue weighted by Crippen LogP contribution is 2.27. The standard InChI is InChI=1S/C16H19NO3/c1-16(2,14-12(18)9-6-10-13(14)19)17-15(20)11-7-4-3-5-8-11/h3-5,7-8,14H,6,9-10H2,1-2H3,(H,17,20). The Kier molecular flexibility index (Phi) is 4.02. The summed E-state index contributed by atoms with van der Waals surface area (Å²) in [6.07, 6.45) is 1.46. The van der Waals surface area contributed by atoms with E-state index in [-0.39, 0.29) is 17.5 Å². The fourth-order valence-electron chi connectivity index (χ4n) is 2.74. The van der Waals surface area contributed by atoms with Gasteiger partial charge >= 0.3 is 0 Å². The Morgan fingerprint density at radius 1 is 1.10 bits per heavy atom. The smallest absolute Gasteiger partial charge is 0.251 e. The molecule has 0 bridgehead atoms. The largest absolute Gasteiger partial charge is 0.346 e. The molecule has 1 aromatic rings. The summed E-state index contributed by atoms with van der Waals surface area (Å²) in [7, 11) is 0. The van der Waals surface area contributed by atoms with Gasteiger partial charge in [-0.15, -0.1) is 0 Å². The topological polar surface area (TPSA) is 63.2 Å². The molecular weight excluding hydrogens is 254 g/mol. The van der Waals surface area contributed by atoms with E-state index in [1.807, 2.05) is 6.07 Å². The minimum absolute atomic E-state index is 0.0698. The van der Waals surface area contributed by atoms with Gasteiger partial charge in [0.25, 0.3) is 5.91 Å². The van der Waals surface area contributed by atoms with E-state index in [1.54, 1.807) is 38.1 Å². The Morgan fingerprint density at radius 3 is 2.20 bits per heavy atom. The van der Waals surface area contributed by atoms with Crippen LogP contribution in [0, 0.1) is 5.92 Å². The molecule has 0 unspecified atom stereocenters. The molecule has 4 nitrogen and oxygen atoms in total. The molecule has 0 aromatic heterocycles. The summed E-state index contributed by atoms with van der Waals surface area (Å²) in [5, 5.41) is 2.82. The van der Waals surface area contributed by atoms with Gasteiger partial charge in [-0.05, 0) is 32.4 Å². The molecule has 0 saturated heterocycles. The van der Waals surface area contributed by atoms with Crippen molar-refractivity contribution in [2.75, 3.05) is 0 Å². The van der Waals surface area contributed by atoms with Crippen LogP contribution in [0.4, 0.5) is 0 Å². The first-order valence-electron chi connectivity index (χ1n) is 6.85. The minimum atomic E-state index is -0.860. The summed E-state index contributed by atoms with van der Waals surface area (Å²) in [4.78, 5) is 36.2. The fraction of sp³-hybridized carbons (Fsp3) is 0.438. The first-order chi connectivity index (χ1) is 9.42. The second-order valence-corrected chi connectivity index (χ2v) is 5.76. The zero-order valence-corrected chi connectivity index (χ0v) is 11.8. The van der Waals surface area contributed by atoms with Gasteiger partial charge in [0.05, 0.1) is 11.5 Å². The number of hydrogen-bond donors (Lipinski definition) is 1. The van der Waals surface area contributed by atoms with Crippen LogP contribution in [0.15, 0.2) is 30.3 Å². The lowest BCUT2D eigenvalue weighted by Gasteiger charge is -2.35. The van der Waals surface area contributed by atoms with Gasteiger partial charge in [0.1, 0.15) is 11.6 Å². The minimum Gasteiger partial charge on any atom is -0.346 e. The summed E-state index contributed by atoms with van der Waals surface area (Å²) in [5.74, 6) is -1.13. The van der Waals surface area contributed by atoms with E-state index >= 15 is 0 Å². The summed E-state index contributed by atoms with van der Waals surface area (Å²) >= 11 is 0. The molecular formula is C16H19NO3. The van der Waals surface area contributed by atoms with Crippen molar-refractivity contribution in [2.24, 2.45) is 5.92 Å². The quantitative estimate of drug-likeness (QED) is 0.858. The van der Waals surface area contributed by atoms with E-state index in [1.165, 1.54) is 0 Å². The first-order valence-corrected chi connectivity index (χ1v) is 6.85. The van der Waals surface area contributed by atoms with E-state index in [9.17, 15) is 14.4 Å². The van der Waals surface area contributed by atoms with Gasteiger partial charge in [-0.25, -0.2) is 0 Å². The zero-order valence-electron chi connectivity index (χ0n) is 11.8. The molecule has 0 spiro atoms. The number of hydrogen-bond acceptors (Lipinski definition) is 3. The normalized spacial score (nSPS) is 17.1. The molecule has 4 heteroatoms.